The summed E-state index contributed by atoms with van der Waals surface area (Å²) < 4.78 is 32.1. The molecule has 0 spiro atoms. The second-order valence-corrected chi connectivity index (χ2v) is 18.2. The first-order valence-electron chi connectivity index (χ1n) is 24.4. The highest BCUT2D eigenvalue weighted by Gasteiger charge is 2.24. The molecule has 1 N–H and O–H groups in total. The summed E-state index contributed by atoms with van der Waals surface area (Å²) in [7, 11) is -3.19. The van der Waals surface area contributed by atoms with E-state index in [2.05, 4.69) is 30.5 Å². The van der Waals surface area contributed by atoms with Crippen LogP contribution in [0.25, 0.3) is 0 Å². The van der Waals surface area contributed by atoms with Gasteiger partial charge in [0.05, 0.1) is 6.61 Å². The fraction of sp³-hybridized carbons (Fsp3) is 0.917. The molecular weight excluding hydrogens is 735 g/mol. The van der Waals surface area contributed by atoms with Gasteiger partial charge in [-0.2, -0.15) is 0 Å². The van der Waals surface area contributed by atoms with Crippen LogP contribution in [-0.2, 0) is 32.7 Å². The number of carbonyl (C=O) groups excluding carboxylic acids is 2. The minimum absolute atomic E-state index is 0.219. The summed E-state index contributed by atoms with van der Waals surface area (Å²) in [6.45, 7) is 3.93. The Hall–Kier alpha value is -1.21. The fourth-order valence-electron chi connectivity index (χ4n) is 7.24. The van der Waals surface area contributed by atoms with E-state index in [1.54, 1.807) is 0 Å². The number of carbonyl (C=O) groups is 2. The van der Waals surface area contributed by atoms with Gasteiger partial charge in [0.1, 0.15) is 6.61 Å². The highest BCUT2D eigenvalue weighted by atomic mass is 31.2. The molecule has 0 fully saturated rings. The lowest BCUT2D eigenvalue weighted by atomic mass is 10.0. The highest BCUT2D eigenvalue weighted by Crippen LogP contribution is 2.42. The van der Waals surface area contributed by atoms with Gasteiger partial charge in [0.25, 0.3) is 0 Å². The third kappa shape index (κ3) is 44.2. The summed E-state index contributed by atoms with van der Waals surface area (Å²) in [5.74, 6) is -0.789. The Bertz CT molecular complexity index is 941. The lowest BCUT2D eigenvalue weighted by Gasteiger charge is -2.19. The molecule has 0 aromatic heterocycles. The van der Waals surface area contributed by atoms with Crippen molar-refractivity contribution in [1.29, 1.82) is 0 Å². The first kappa shape index (κ1) is 55.8. The van der Waals surface area contributed by atoms with Crippen LogP contribution >= 0.6 is 7.82 Å². The van der Waals surface area contributed by atoms with Crippen molar-refractivity contribution in [3.05, 3.63) is 12.2 Å². The topological polar surface area (TPSA) is 108 Å². The summed E-state index contributed by atoms with van der Waals surface area (Å²) in [5, 5.41) is 0. The maximum Gasteiger partial charge on any atom is 0.472 e. The van der Waals surface area contributed by atoms with E-state index >= 15 is 0 Å². The molecule has 0 aliphatic rings. The number of rotatable bonds is 46. The molecule has 0 saturated carbocycles. The van der Waals surface area contributed by atoms with Crippen molar-refractivity contribution in [3.8, 4) is 0 Å². The summed E-state index contributed by atoms with van der Waals surface area (Å²) in [4.78, 5) is 34.6. The van der Waals surface area contributed by atoms with Crippen molar-refractivity contribution in [2.75, 3.05) is 20.3 Å². The van der Waals surface area contributed by atoms with Crippen LogP contribution in [0.4, 0.5) is 0 Å². The molecule has 0 heterocycles. The summed E-state index contributed by atoms with van der Waals surface area (Å²) in [6, 6.07) is 0. The zero-order valence-corrected chi connectivity index (χ0v) is 38.7. The molecule has 2 unspecified atom stereocenters. The SMILES string of the molecule is CCCCCCCCCC/C=C\CCCCCCCCCCCCCC(=O)OC(COC(=O)CCCCCCCCCCCCCCCCC)COP(=O)(O)OC. The standard InChI is InChI=1S/C48H93O8P/c1-4-6-8-10-12-14-16-18-20-21-22-23-24-25-26-27-29-31-33-35-37-39-41-43-48(50)56-46(45-55-57(51,52)53-3)44-54-47(49)42-40-38-36-34-32-30-28-19-17-15-13-11-9-7-5-2/h21-22,46H,4-20,23-45H2,1-3H3,(H,51,52)/b22-21-. The van der Waals surface area contributed by atoms with Crippen LogP contribution in [0.2, 0.25) is 0 Å². The third-order valence-electron chi connectivity index (χ3n) is 11.0. The second kappa shape index (κ2) is 44.3. The van der Waals surface area contributed by atoms with Crippen LogP contribution in [0, 0.1) is 0 Å². The lowest BCUT2D eigenvalue weighted by Crippen LogP contribution is -2.29. The summed E-state index contributed by atoms with van der Waals surface area (Å²) in [5.41, 5.74) is 0. The number of unbranched alkanes of at least 4 members (excludes halogenated alkanes) is 33. The van der Waals surface area contributed by atoms with E-state index in [1.807, 2.05) is 0 Å². The number of ether oxygens (including phenoxy) is 2. The quantitative estimate of drug-likeness (QED) is 0.0280. The fourth-order valence-corrected chi connectivity index (χ4v) is 7.70. The van der Waals surface area contributed by atoms with Gasteiger partial charge in [0.15, 0.2) is 6.10 Å². The van der Waals surface area contributed by atoms with Crippen LogP contribution < -0.4 is 0 Å². The Balaban J connectivity index is 3.87. The normalized spacial score (nSPS) is 13.3. The van der Waals surface area contributed by atoms with E-state index in [9.17, 15) is 19.0 Å². The first-order valence-corrected chi connectivity index (χ1v) is 25.9. The maximum atomic E-state index is 12.6. The van der Waals surface area contributed by atoms with Gasteiger partial charge in [-0.15, -0.1) is 0 Å². The van der Waals surface area contributed by atoms with Gasteiger partial charge in [-0.05, 0) is 38.5 Å². The molecule has 0 bridgehead atoms. The molecule has 2 atom stereocenters. The highest BCUT2D eigenvalue weighted by molar-refractivity contribution is 7.47. The molecule has 0 saturated heterocycles. The molecule has 8 nitrogen and oxygen atoms in total. The lowest BCUT2D eigenvalue weighted by molar-refractivity contribution is -0.161. The number of hydrogen-bond acceptors (Lipinski definition) is 7. The molecular formula is C48H93O8P. The van der Waals surface area contributed by atoms with Crippen LogP contribution in [-0.4, -0.2) is 43.3 Å². The Morgan fingerprint density at radius 3 is 1.14 bits per heavy atom. The van der Waals surface area contributed by atoms with Gasteiger partial charge in [-0.25, -0.2) is 4.57 Å². The summed E-state index contributed by atoms with van der Waals surface area (Å²) >= 11 is 0. The van der Waals surface area contributed by atoms with Crippen molar-refractivity contribution in [1.82, 2.24) is 0 Å². The number of phosphoric ester groups is 1. The van der Waals surface area contributed by atoms with Gasteiger partial charge in [-0.3, -0.25) is 18.6 Å². The Morgan fingerprint density at radius 1 is 0.474 bits per heavy atom. The van der Waals surface area contributed by atoms with E-state index in [0.717, 1.165) is 45.6 Å². The third-order valence-corrected chi connectivity index (χ3v) is 11.9. The molecule has 0 amide bonds. The molecule has 9 heteroatoms. The van der Waals surface area contributed by atoms with E-state index in [1.165, 1.54) is 193 Å². The van der Waals surface area contributed by atoms with Crippen molar-refractivity contribution in [2.24, 2.45) is 0 Å². The van der Waals surface area contributed by atoms with E-state index in [4.69, 9.17) is 14.0 Å². The number of allylic oxidation sites excluding steroid dienone is 2. The minimum atomic E-state index is -4.26. The molecule has 57 heavy (non-hydrogen) atoms. The predicted octanol–water partition coefficient (Wildman–Crippen LogP) is 15.6. The molecule has 0 aliphatic carbocycles. The molecule has 0 aromatic carbocycles. The predicted molar refractivity (Wildman–Crippen MR) is 240 cm³/mol. The van der Waals surface area contributed by atoms with Gasteiger partial charge in [0, 0.05) is 20.0 Å². The maximum absolute atomic E-state index is 12.6. The number of hydrogen-bond donors (Lipinski definition) is 1. The first-order chi connectivity index (χ1) is 27.8. The van der Waals surface area contributed by atoms with Crippen molar-refractivity contribution in [3.63, 3.8) is 0 Å². The minimum Gasteiger partial charge on any atom is -0.462 e. The Labute approximate surface area is 352 Å². The average Bonchev–Trinajstić information content (AvgIpc) is 3.20. The van der Waals surface area contributed by atoms with Gasteiger partial charge in [0.2, 0.25) is 0 Å². The molecule has 0 aromatic rings. The van der Waals surface area contributed by atoms with Gasteiger partial charge in [-0.1, -0.05) is 219 Å². The monoisotopic (exact) mass is 829 g/mol. The van der Waals surface area contributed by atoms with Crippen LogP contribution in [0.3, 0.4) is 0 Å². The zero-order valence-electron chi connectivity index (χ0n) is 37.8. The largest absolute Gasteiger partial charge is 0.472 e. The smallest absolute Gasteiger partial charge is 0.462 e. The van der Waals surface area contributed by atoms with Crippen molar-refractivity contribution >= 4 is 19.8 Å². The summed E-state index contributed by atoms with van der Waals surface area (Å²) in [6.07, 6.45) is 49.9. The van der Waals surface area contributed by atoms with E-state index in [-0.39, 0.29) is 19.0 Å². The Kier molecular flexibility index (Phi) is 43.4. The number of esters is 2. The van der Waals surface area contributed by atoms with Crippen LogP contribution in [0.15, 0.2) is 12.2 Å². The second-order valence-electron chi connectivity index (χ2n) is 16.6. The van der Waals surface area contributed by atoms with Gasteiger partial charge < -0.3 is 14.4 Å². The molecule has 0 aliphatic heterocycles. The Morgan fingerprint density at radius 2 is 0.789 bits per heavy atom. The van der Waals surface area contributed by atoms with Crippen LogP contribution in [0.1, 0.15) is 258 Å². The molecule has 0 radical (unpaired) electrons. The van der Waals surface area contributed by atoms with E-state index < -0.39 is 26.5 Å². The average molecular weight is 829 g/mol. The van der Waals surface area contributed by atoms with Crippen molar-refractivity contribution < 1.29 is 37.6 Å². The molecule has 338 valence electrons. The number of phosphoric acid groups is 1. The molecule has 0 rings (SSSR count). The van der Waals surface area contributed by atoms with E-state index in [0.29, 0.717) is 6.42 Å². The zero-order chi connectivity index (χ0) is 41.8. The van der Waals surface area contributed by atoms with Crippen molar-refractivity contribution in [2.45, 2.75) is 264 Å². The van der Waals surface area contributed by atoms with Gasteiger partial charge >= 0.3 is 19.8 Å². The van der Waals surface area contributed by atoms with Crippen LogP contribution in [0.5, 0.6) is 0 Å².